The van der Waals surface area contributed by atoms with Gasteiger partial charge >= 0.3 is 0 Å². The second kappa shape index (κ2) is 9.81. The maximum Gasteiger partial charge on any atom is 0.294 e. The molecule has 1 aromatic heterocycles. The number of hydrazine groups is 1. The number of nitrogens with zero attached hydrogens (tertiary/aromatic N) is 2. The highest BCUT2D eigenvalue weighted by Crippen LogP contribution is 2.38. The van der Waals surface area contributed by atoms with Crippen LogP contribution in [-0.4, -0.2) is 42.9 Å². The van der Waals surface area contributed by atoms with Crippen LogP contribution in [0.3, 0.4) is 0 Å². The summed E-state index contributed by atoms with van der Waals surface area (Å²) in [6.07, 6.45) is 0. The Hall–Kier alpha value is -4.41. The molecule has 0 aliphatic carbocycles. The van der Waals surface area contributed by atoms with Gasteiger partial charge in [0.1, 0.15) is 11.5 Å². The summed E-state index contributed by atoms with van der Waals surface area (Å²) in [5.41, 5.74) is 3.57. The molecular weight excluding hydrogens is 435 g/mol. The molecule has 33 heavy (non-hydrogen) atoms. The molecule has 1 heterocycles. The molecule has 3 aromatic rings. The molecule has 2 aromatic carbocycles. The van der Waals surface area contributed by atoms with Gasteiger partial charge in [-0.1, -0.05) is 12.1 Å². The number of amides is 2. The third-order valence-corrected chi connectivity index (χ3v) is 4.62. The minimum absolute atomic E-state index is 0.0607. The number of carbonyl (C=O) groups excluding carboxylic acids is 2. The van der Waals surface area contributed by atoms with E-state index in [1.807, 2.05) is 0 Å². The summed E-state index contributed by atoms with van der Waals surface area (Å²) in [4.78, 5) is 37.4. The topological polar surface area (TPSA) is 121 Å². The molecule has 0 fully saturated rings. The van der Waals surface area contributed by atoms with E-state index in [4.69, 9.17) is 14.2 Å². The van der Waals surface area contributed by atoms with E-state index in [1.54, 1.807) is 13.0 Å². The Morgan fingerprint density at radius 2 is 1.55 bits per heavy atom. The van der Waals surface area contributed by atoms with Gasteiger partial charge < -0.3 is 14.2 Å². The molecule has 0 atom stereocenters. The van der Waals surface area contributed by atoms with Gasteiger partial charge in [0, 0.05) is 17.3 Å². The largest absolute Gasteiger partial charge is 0.493 e. The van der Waals surface area contributed by atoms with Gasteiger partial charge in [0.2, 0.25) is 11.2 Å². The van der Waals surface area contributed by atoms with Crippen LogP contribution in [0.5, 0.6) is 17.2 Å². The number of halogens is 1. The number of benzene rings is 2. The predicted octanol–water partition coefficient (Wildman–Crippen LogP) is 1.78. The standard InChI is InChI=1S/C22H21FN4O6/c1-12-9-16(28)19(26-27(12)15-8-6-5-7-14(15)23)22(30)25-24-21(29)13-10-17(31-2)20(33-4)18(11-13)32-3/h5-11H,1-4H3,(H,24,29)(H,25,30). The third-order valence-electron chi connectivity index (χ3n) is 4.62. The SMILES string of the molecule is COc1cc(C(=O)NNC(=O)c2nn(-c3ccccc3F)c(C)cc2=O)cc(OC)c1OC. The number of hydrogen-bond acceptors (Lipinski definition) is 7. The third kappa shape index (κ3) is 4.76. The zero-order valence-electron chi connectivity index (χ0n) is 18.3. The molecule has 0 radical (unpaired) electrons. The van der Waals surface area contributed by atoms with Crippen LogP contribution >= 0.6 is 0 Å². The Morgan fingerprint density at radius 1 is 0.939 bits per heavy atom. The van der Waals surface area contributed by atoms with Crippen LogP contribution in [0.25, 0.3) is 5.69 Å². The van der Waals surface area contributed by atoms with Crippen LogP contribution in [0.4, 0.5) is 4.39 Å². The van der Waals surface area contributed by atoms with Crippen molar-refractivity contribution in [2.24, 2.45) is 0 Å². The van der Waals surface area contributed by atoms with Crippen LogP contribution in [0, 0.1) is 12.7 Å². The molecule has 0 unspecified atom stereocenters. The summed E-state index contributed by atoms with van der Waals surface area (Å²) >= 11 is 0. The van der Waals surface area contributed by atoms with E-state index in [1.165, 1.54) is 51.7 Å². The minimum atomic E-state index is -0.981. The van der Waals surface area contributed by atoms with E-state index < -0.39 is 28.8 Å². The smallest absolute Gasteiger partial charge is 0.294 e. The first kappa shape index (κ1) is 23.3. The summed E-state index contributed by atoms with van der Waals surface area (Å²) in [6, 6.07) is 9.70. The fourth-order valence-electron chi connectivity index (χ4n) is 3.03. The van der Waals surface area contributed by atoms with Crippen LogP contribution in [-0.2, 0) is 0 Å². The lowest BCUT2D eigenvalue weighted by atomic mass is 10.1. The number of aryl methyl sites for hydroxylation is 1. The molecule has 11 heteroatoms. The van der Waals surface area contributed by atoms with Gasteiger partial charge in [0.15, 0.2) is 17.2 Å². The average Bonchev–Trinajstić information content (AvgIpc) is 2.82. The number of hydrogen-bond donors (Lipinski definition) is 2. The van der Waals surface area contributed by atoms with Gasteiger partial charge in [-0.2, -0.15) is 5.10 Å². The van der Waals surface area contributed by atoms with Crippen LogP contribution in [0.1, 0.15) is 26.5 Å². The highest BCUT2D eigenvalue weighted by atomic mass is 19.1. The Labute approximate surface area is 187 Å². The van der Waals surface area contributed by atoms with Gasteiger partial charge in [0.05, 0.1) is 21.3 Å². The van der Waals surface area contributed by atoms with E-state index in [0.29, 0.717) is 5.69 Å². The highest BCUT2D eigenvalue weighted by molar-refractivity contribution is 5.99. The van der Waals surface area contributed by atoms with Crippen LogP contribution < -0.4 is 30.5 Å². The van der Waals surface area contributed by atoms with E-state index in [9.17, 15) is 18.8 Å². The second-order valence-electron chi connectivity index (χ2n) is 6.68. The number of nitrogens with one attached hydrogen (secondary N) is 2. The van der Waals surface area contributed by atoms with E-state index in [-0.39, 0.29) is 28.5 Å². The lowest BCUT2D eigenvalue weighted by Crippen LogP contribution is -2.44. The average molecular weight is 456 g/mol. The first-order chi connectivity index (χ1) is 15.8. The van der Waals surface area contributed by atoms with Gasteiger partial charge in [-0.15, -0.1) is 0 Å². The first-order valence-corrected chi connectivity index (χ1v) is 9.57. The van der Waals surface area contributed by atoms with Crippen molar-refractivity contribution in [3.05, 3.63) is 75.5 Å². The van der Waals surface area contributed by atoms with Crippen molar-refractivity contribution >= 4 is 11.8 Å². The number of aromatic nitrogens is 2. The van der Waals surface area contributed by atoms with E-state index in [2.05, 4.69) is 16.0 Å². The van der Waals surface area contributed by atoms with Crippen molar-refractivity contribution in [2.45, 2.75) is 6.92 Å². The quantitative estimate of drug-likeness (QED) is 0.543. The maximum atomic E-state index is 14.2. The molecule has 0 aliphatic heterocycles. The number of carbonyl (C=O) groups is 2. The van der Waals surface area contributed by atoms with E-state index in [0.717, 1.165) is 10.7 Å². The molecule has 0 spiro atoms. The Kier molecular flexibility index (Phi) is 6.91. The molecular formula is C22H21FN4O6. The van der Waals surface area contributed by atoms with Crippen molar-refractivity contribution in [1.29, 1.82) is 0 Å². The molecule has 0 aliphatic rings. The number of rotatable bonds is 6. The van der Waals surface area contributed by atoms with Gasteiger partial charge in [-0.05, 0) is 31.2 Å². The van der Waals surface area contributed by atoms with Crippen molar-refractivity contribution in [3.63, 3.8) is 0 Å². The monoisotopic (exact) mass is 456 g/mol. The Bertz CT molecular complexity index is 1250. The number of ether oxygens (including phenoxy) is 3. The summed E-state index contributed by atoms with van der Waals surface area (Å²) < 4.78 is 30.9. The molecule has 0 bridgehead atoms. The van der Waals surface area contributed by atoms with E-state index >= 15 is 0 Å². The molecule has 10 nitrogen and oxygen atoms in total. The van der Waals surface area contributed by atoms with Crippen molar-refractivity contribution in [1.82, 2.24) is 20.6 Å². The molecule has 0 saturated heterocycles. The lowest BCUT2D eigenvalue weighted by Gasteiger charge is -2.14. The molecule has 3 rings (SSSR count). The zero-order chi connectivity index (χ0) is 24.1. The molecule has 0 saturated carbocycles. The van der Waals surface area contributed by atoms with Crippen LogP contribution in [0.2, 0.25) is 0 Å². The van der Waals surface area contributed by atoms with Crippen molar-refractivity contribution < 1.29 is 28.2 Å². The Morgan fingerprint density at radius 3 is 2.12 bits per heavy atom. The predicted molar refractivity (Wildman–Crippen MR) is 116 cm³/mol. The summed E-state index contributed by atoms with van der Waals surface area (Å²) in [5, 5.41) is 3.98. The Balaban J connectivity index is 1.84. The normalized spacial score (nSPS) is 10.3. The van der Waals surface area contributed by atoms with Crippen LogP contribution in [0.15, 0.2) is 47.3 Å². The van der Waals surface area contributed by atoms with Crippen molar-refractivity contribution in [2.75, 3.05) is 21.3 Å². The fourth-order valence-corrected chi connectivity index (χ4v) is 3.03. The first-order valence-electron chi connectivity index (χ1n) is 9.57. The van der Waals surface area contributed by atoms with Gasteiger partial charge in [-0.3, -0.25) is 25.2 Å². The lowest BCUT2D eigenvalue weighted by molar-refractivity contribution is 0.0842. The number of methoxy groups -OCH3 is 3. The van der Waals surface area contributed by atoms with Gasteiger partial charge in [-0.25, -0.2) is 9.07 Å². The molecule has 2 N–H and O–H groups in total. The molecule has 2 amide bonds. The van der Waals surface area contributed by atoms with Gasteiger partial charge in [0.25, 0.3) is 11.8 Å². The summed E-state index contributed by atoms with van der Waals surface area (Å²) in [6.45, 7) is 1.55. The maximum absolute atomic E-state index is 14.2. The summed E-state index contributed by atoms with van der Waals surface area (Å²) in [7, 11) is 4.21. The minimum Gasteiger partial charge on any atom is -0.493 e. The highest BCUT2D eigenvalue weighted by Gasteiger charge is 2.20. The molecule has 172 valence electrons. The second-order valence-corrected chi connectivity index (χ2v) is 6.68. The zero-order valence-corrected chi connectivity index (χ0v) is 18.3. The summed E-state index contributed by atoms with van der Waals surface area (Å²) in [5.74, 6) is -1.52. The number of para-hydroxylation sites is 1. The fraction of sp³-hybridized carbons (Fsp3) is 0.182. The van der Waals surface area contributed by atoms with Crippen molar-refractivity contribution in [3.8, 4) is 22.9 Å².